The Hall–Kier alpha value is -4.41. The first kappa shape index (κ1) is 18.6. The number of rotatable bonds is 4. The molecular weight excluding hydrogens is 402 g/mol. The number of methoxy groups -OCH3 is 2. The van der Waals surface area contributed by atoms with Crippen molar-refractivity contribution in [2.24, 2.45) is 0 Å². The smallest absolute Gasteiger partial charge is 0.288 e. The van der Waals surface area contributed by atoms with Crippen molar-refractivity contribution in [1.82, 2.24) is 30.4 Å². The van der Waals surface area contributed by atoms with Crippen molar-refractivity contribution in [2.75, 3.05) is 19.5 Å². The van der Waals surface area contributed by atoms with E-state index in [1.165, 1.54) is 13.2 Å². The van der Waals surface area contributed by atoms with E-state index in [0.717, 1.165) is 5.56 Å². The normalized spacial score (nSPS) is 14.3. The number of hydrogen-bond donors (Lipinski definition) is 3. The summed E-state index contributed by atoms with van der Waals surface area (Å²) in [7, 11) is 3.03. The Labute approximate surface area is 175 Å². The fourth-order valence-electron chi connectivity index (χ4n) is 3.76. The van der Waals surface area contributed by atoms with E-state index in [9.17, 15) is 9.90 Å². The molecule has 0 aliphatic carbocycles. The van der Waals surface area contributed by atoms with Gasteiger partial charge in [-0.2, -0.15) is 9.78 Å². The van der Waals surface area contributed by atoms with Gasteiger partial charge in [-0.25, -0.2) is 5.10 Å². The quantitative estimate of drug-likeness (QED) is 0.398. The fraction of sp³-hybridized carbons (Fsp3) is 0.150. The molecule has 11 nitrogen and oxygen atoms in total. The van der Waals surface area contributed by atoms with Crippen molar-refractivity contribution >= 4 is 11.6 Å². The molecule has 11 heteroatoms. The molecule has 1 atom stereocenters. The van der Waals surface area contributed by atoms with Gasteiger partial charge >= 0.3 is 0 Å². The predicted molar refractivity (Wildman–Crippen MR) is 110 cm³/mol. The number of nitrogens with one attached hydrogen (secondary N) is 2. The van der Waals surface area contributed by atoms with Crippen LogP contribution in [0.4, 0.5) is 11.6 Å². The first-order valence-electron chi connectivity index (χ1n) is 9.30. The number of hydrogen-bond acceptors (Lipinski definition) is 9. The summed E-state index contributed by atoms with van der Waals surface area (Å²) in [6.07, 6.45) is 0. The van der Waals surface area contributed by atoms with Crippen molar-refractivity contribution in [3.8, 4) is 28.5 Å². The van der Waals surface area contributed by atoms with Gasteiger partial charge in [0.25, 0.3) is 5.56 Å². The molecule has 31 heavy (non-hydrogen) atoms. The second-order valence-corrected chi connectivity index (χ2v) is 6.79. The fourth-order valence-corrected chi connectivity index (χ4v) is 3.76. The standard InChI is InChI=1S/C20H17N7O4/c1-30-13-6-4-3-5-11(13)18-15-16(10-7-8-12(28)14(9-10)31-2)22-23-19(29)17(15)21-20-24-25-26-27(18)20/h3-9,18,28H,1-2H3,(H,23,29)(H,21,24,26)/t18-/m1/s1. The molecule has 1 aliphatic heterocycles. The van der Waals surface area contributed by atoms with Gasteiger partial charge in [-0.05, 0) is 34.7 Å². The summed E-state index contributed by atoms with van der Waals surface area (Å²) in [6.45, 7) is 0. The van der Waals surface area contributed by atoms with Crippen LogP contribution in [0, 0.1) is 0 Å². The van der Waals surface area contributed by atoms with E-state index < -0.39 is 11.6 Å². The first-order chi connectivity index (χ1) is 15.1. The van der Waals surface area contributed by atoms with Crippen LogP contribution in [-0.2, 0) is 0 Å². The molecular formula is C20H17N7O4. The number of phenols is 1. The number of para-hydroxylation sites is 1. The monoisotopic (exact) mass is 419 g/mol. The van der Waals surface area contributed by atoms with Crippen LogP contribution in [0.25, 0.3) is 11.3 Å². The van der Waals surface area contributed by atoms with E-state index in [2.05, 4.69) is 31.0 Å². The summed E-state index contributed by atoms with van der Waals surface area (Å²) >= 11 is 0. The van der Waals surface area contributed by atoms with Crippen LogP contribution >= 0.6 is 0 Å². The number of tetrazole rings is 1. The minimum absolute atomic E-state index is 0.00768. The van der Waals surface area contributed by atoms with Crippen LogP contribution < -0.4 is 20.3 Å². The zero-order valence-electron chi connectivity index (χ0n) is 16.5. The molecule has 0 radical (unpaired) electrons. The Bertz CT molecular complexity index is 1350. The van der Waals surface area contributed by atoms with E-state index >= 15 is 0 Å². The highest BCUT2D eigenvalue weighted by atomic mass is 16.5. The van der Waals surface area contributed by atoms with E-state index in [0.29, 0.717) is 28.5 Å². The molecule has 5 rings (SSSR count). The maximum atomic E-state index is 12.7. The third-order valence-corrected chi connectivity index (χ3v) is 5.16. The second-order valence-electron chi connectivity index (χ2n) is 6.79. The number of benzene rings is 2. The number of fused-ring (bicyclic) bond motifs is 2. The van der Waals surface area contributed by atoms with Gasteiger partial charge in [0.1, 0.15) is 17.5 Å². The molecule has 0 saturated carbocycles. The number of ether oxygens (including phenoxy) is 2. The Morgan fingerprint density at radius 3 is 2.71 bits per heavy atom. The molecule has 3 heterocycles. The maximum Gasteiger partial charge on any atom is 0.288 e. The van der Waals surface area contributed by atoms with Gasteiger partial charge in [0.2, 0.25) is 5.95 Å². The zero-order valence-corrected chi connectivity index (χ0v) is 16.5. The highest BCUT2D eigenvalue weighted by molar-refractivity contribution is 5.77. The van der Waals surface area contributed by atoms with Crippen molar-refractivity contribution in [3.05, 3.63) is 63.9 Å². The summed E-state index contributed by atoms with van der Waals surface area (Å²) in [5, 5.41) is 31.7. The van der Waals surface area contributed by atoms with Crippen LogP contribution in [-0.4, -0.2) is 49.7 Å². The van der Waals surface area contributed by atoms with Crippen molar-refractivity contribution in [1.29, 1.82) is 0 Å². The SMILES string of the molecule is COc1cc(-c2n[nH]c(=O)c3c2[C@@H](c2ccccc2OC)n2nnnc2N3)ccc1O. The number of aromatic nitrogens is 6. The van der Waals surface area contributed by atoms with Crippen molar-refractivity contribution in [3.63, 3.8) is 0 Å². The van der Waals surface area contributed by atoms with Crippen molar-refractivity contribution in [2.45, 2.75) is 6.04 Å². The summed E-state index contributed by atoms with van der Waals surface area (Å²) in [6, 6.07) is 11.7. The number of anilines is 2. The average Bonchev–Trinajstić information content (AvgIpc) is 3.27. The number of aromatic hydroxyl groups is 1. The van der Waals surface area contributed by atoms with Gasteiger partial charge in [-0.3, -0.25) is 4.79 Å². The highest BCUT2D eigenvalue weighted by Gasteiger charge is 2.35. The largest absolute Gasteiger partial charge is 0.504 e. The van der Waals surface area contributed by atoms with E-state index in [1.807, 2.05) is 24.3 Å². The van der Waals surface area contributed by atoms with Gasteiger partial charge in [0, 0.05) is 16.7 Å². The molecule has 0 saturated heterocycles. The third-order valence-electron chi connectivity index (χ3n) is 5.16. The number of phenolic OH excluding ortho intramolecular Hbond substituents is 1. The second kappa shape index (κ2) is 7.13. The molecule has 1 aliphatic rings. The Morgan fingerprint density at radius 1 is 1.10 bits per heavy atom. The van der Waals surface area contributed by atoms with Crippen LogP contribution in [0.1, 0.15) is 17.2 Å². The topological polar surface area (TPSA) is 140 Å². The molecule has 0 bridgehead atoms. The third kappa shape index (κ3) is 2.86. The molecule has 3 N–H and O–H groups in total. The predicted octanol–water partition coefficient (Wildman–Crippen LogP) is 1.84. The van der Waals surface area contributed by atoms with Gasteiger partial charge in [0.15, 0.2) is 11.5 Å². The molecule has 4 aromatic rings. The molecule has 2 aromatic heterocycles. The lowest BCUT2D eigenvalue weighted by molar-refractivity contribution is 0.373. The maximum absolute atomic E-state index is 12.7. The van der Waals surface area contributed by atoms with E-state index in [4.69, 9.17) is 9.47 Å². The van der Waals surface area contributed by atoms with Crippen LogP contribution in [0.3, 0.4) is 0 Å². The van der Waals surface area contributed by atoms with Crippen molar-refractivity contribution < 1.29 is 14.6 Å². The van der Waals surface area contributed by atoms with Crippen LogP contribution in [0.2, 0.25) is 0 Å². The lowest BCUT2D eigenvalue weighted by atomic mass is 9.92. The molecule has 0 spiro atoms. The Kier molecular flexibility index (Phi) is 4.28. The van der Waals surface area contributed by atoms with Crippen LogP contribution in [0.5, 0.6) is 17.2 Å². The lowest BCUT2D eigenvalue weighted by Crippen LogP contribution is -2.29. The van der Waals surface area contributed by atoms with Gasteiger partial charge in [-0.1, -0.05) is 23.3 Å². The van der Waals surface area contributed by atoms with Gasteiger partial charge in [0.05, 0.1) is 19.9 Å². The summed E-state index contributed by atoms with van der Waals surface area (Å²) < 4.78 is 12.4. The summed E-state index contributed by atoms with van der Waals surface area (Å²) in [5.41, 5.74) is 2.26. The summed E-state index contributed by atoms with van der Waals surface area (Å²) in [5.74, 6) is 1.19. The number of nitrogens with zero attached hydrogens (tertiary/aromatic N) is 5. The first-order valence-corrected chi connectivity index (χ1v) is 9.30. The number of H-pyrrole nitrogens is 1. The van der Waals surface area contributed by atoms with Gasteiger partial charge < -0.3 is 19.9 Å². The Morgan fingerprint density at radius 2 is 1.90 bits per heavy atom. The highest BCUT2D eigenvalue weighted by Crippen LogP contribution is 2.44. The van der Waals surface area contributed by atoms with Crippen LogP contribution in [0.15, 0.2) is 47.3 Å². The minimum atomic E-state index is -0.595. The zero-order chi connectivity index (χ0) is 21.5. The average molecular weight is 419 g/mol. The minimum Gasteiger partial charge on any atom is -0.504 e. The molecule has 0 unspecified atom stereocenters. The molecule has 156 valence electrons. The van der Waals surface area contributed by atoms with Gasteiger partial charge in [-0.15, -0.1) is 0 Å². The summed E-state index contributed by atoms with van der Waals surface area (Å²) in [4.78, 5) is 12.7. The molecule has 0 amide bonds. The lowest BCUT2D eigenvalue weighted by Gasteiger charge is -2.28. The molecule has 0 fully saturated rings. The Balaban J connectivity index is 1.83. The number of aromatic amines is 1. The molecule has 2 aromatic carbocycles. The van der Waals surface area contributed by atoms with E-state index in [-0.39, 0.29) is 17.2 Å². The van der Waals surface area contributed by atoms with E-state index in [1.54, 1.807) is 23.9 Å².